The van der Waals surface area contributed by atoms with Crippen LogP contribution >= 0.6 is 22.9 Å². The Morgan fingerprint density at radius 1 is 1.47 bits per heavy atom. The Bertz CT molecular complexity index is 496. The molecule has 0 aromatic carbocycles. The fourth-order valence-electron chi connectivity index (χ4n) is 1.50. The van der Waals surface area contributed by atoms with E-state index in [1.165, 1.54) is 11.3 Å². The Balaban J connectivity index is 2.17. The maximum atomic E-state index is 5.95. The van der Waals surface area contributed by atoms with Crippen LogP contribution in [0, 0.1) is 0 Å². The van der Waals surface area contributed by atoms with Gasteiger partial charge in [0.25, 0.3) is 0 Å². The molecular weight excluding hydrogens is 254 g/mol. The van der Waals surface area contributed by atoms with E-state index in [1.807, 2.05) is 17.6 Å². The normalized spacial score (nSPS) is 12.0. The van der Waals surface area contributed by atoms with Gasteiger partial charge >= 0.3 is 0 Å². The van der Waals surface area contributed by atoms with Crippen LogP contribution in [0.5, 0.6) is 0 Å². The summed E-state index contributed by atoms with van der Waals surface area (Å²) in [6.07, 6.45) is 1.86. The Morgan fingerprint density at radius 2 is 2.24 bits per heavy atom. The highest BCUT2D eigenvalue weighted by Crippen LogP contribution is 2.29. The van der Waals surface area contributed by atoms with Crippen LogP contribution in [-0.2, 0) is 6.54 Å². The van der Waals surface area contributed by atoms with Gasteiger partial charge in [-0.15, -0.1) is 11.3 Å². The van der Waals surface area contributed by atoms with E-state index >= 15 is 0 Å². The molecule has 0 aliphatic heterocycles. The molecule has 0 spiro atoms. The number of rotatable bonds is 3. The molecule has 92 valence electrons. The minimum Gasteiger partial charge on any atom is -0.308 e. The molecule has 2 heterocycles. The molecule has 0 amide bonds. The molecule has 5 heteroatoms. The number of halogens is 1. The number of hydrogen-bond donors (Lipinski definition) is 2. The summed E-state index contributed by atoms with van der Waals surface area (Å²) in [5.41, 5.74) is 3.41. The number of aromatic amines is 1. The van der Waals surface area contributed by atoms with Gasteiger partial charge in [-0.3, -0.25) is 5.10 Å². The van der Waals surface area contributed by atoms with E-state index in [-0.39, 0.29) is 5.54 Å². The molecule has 0 radical (unpaired) electrons. The largest absolute Gasteiger partial charge is 0.308 e. The fourth-order valence-corrected chi connectivity index (χ4v) is 2.37. The zero-order valence-electron chi connectivity index (χ0n) is 10.2. The second-order valence-electron chi connectivity index (χ2n) is 5.01. The third-order valence-electron chi connectivity index (χ3n) is 2.38. The van der Waals surface area contributed by atoms with Crippen LogP contribution in [0.4, 0.5) is 0 Å². The summed E-state index contributed by atoms with van der Waals surface area (Å²) >= 11 is 7.48. The van der Waals surface area contributed by atoms with Crippen molar-refractivity contribution in [3.63, 3.8) is 0 Å². The number of aromatic nitrogens is 2. The van der Waals surface area contributed by atoms with E-state index in [2.05, 4.69) is 36.3 Å². The van der Waals surface area contributed by atoms with Gasteiger partial charge in [-0.25, -0.2) is 0 Å². The van der Waals surface area contributed by atoms with Crippen molar-refractivity contribution >= 4 is 22.9 Å². The molecule has 2 aromatic heterocycles. The van der Waals surface area contributed by atoms with E-state index in [4.69, 9.17) is 11.6 Å². The molecule has 17 heavy (non-hydrogen) atoms. The minimum absolute atomic E-state index is 0.0980. The van der Waals surface area contributed by atoms with Gasteiger partial charge in [-0.1, -0.05) is 11.6 Å². The van der Waals surface area contributed by atoms with E-state index in [0.29, 0.717) is 0 Å². The number of nitrogens with zero attached hydrogens (tertiary/aromatic N) is 1. The molecule has 2 aromatic rings. The average molecular weight is 270 g/mol. The molecule has 0 aliphatic carbocycles. The standard InChI is InChI=1S/C12H16ClN3S/c1-12(2,3)14-5-9-6-15-16-11(9)8-4-10(13)17-7-8/h4,6-7,14H,5H2,1-3H3,(H,15,16). The summed E-state index contributed by atoms with van der Waals surface area (Å²) in [7, 11) is 0. The minimum atomic E-state index is 0.0980. The van der Waals surface area contributed by atoms with Gasteiger partial charge in [0.05, 0.1) is 16.2 Å². The van der Waals surface area contributed by atoms with Crippen LogP contribution in [0.25, 0.3) is 11.3 Å². The van der Waals surface area contributed by atoms with Gasteiger partial charge in [0.15, 0.2) is 0 Å². The lowest BCUT2D eigenvalue weighted by atomic mass is 10.1. The van der Waals surface area contributed by atoms with Gasteiger partial charge < -0.3 is 5.32 Å². The topological polar surface area (TPSA) is 40.7 Å². The molecule has 0 aliphatic rings. The van der Waals surface area contributed by atoms with Crippen molar-refractivity contribution in [2.75, 3.05) is 0 Å². The molecule has 0 unspecified atom stereocenters. The first-order valence-corrected chi connectivity index (χ1v) is 6.73. The van der Waals surface area contributed by atoms with Crippen molar-refractivity contribution in [3.8, 4) is 11.3 Å². The quantitative estimate of drug-likeness (QED) is 0.892. The Labute approximate surface area is 110 Å². The van der Waals surface area contributed by atoms with E-state index < -0.39 is 0 Å². The lowest BCUT2D eigenvalue weighted by Gasteiger charge is -2.20. The summed E-state index contributed by atoms with van der Waals surface area (Å²) in [5, 5.41) is 12.6. The third-order valence-corrected chi connectivity index (χ3v) is 3.47. The maximum absolute atomic E-state index is 5.95. The van der Waals surface area contributed by atoms with Crippen molar-refractivity contribution in [1.82, 2.24) is 15.5 Å². The summed E-state index contributed by atoms with van der Waals surface area (Å²) in [6.45, 7) is 7.24. The van der Waals surface area contributed by atoms with Crippen LogP contribution in [0.15, 0.2) is 17.6 Å². The third kappa shape index (κ3) is 3.31. The van der Waals surface area contributed by atoms with E-state index in [1.54, 1.807) is 0 Å². The molecule has 3 nitrogen and oxygen atoms in total. The van der Waals surface area contributed by atoms with Gasteiger partial charge in [0.2, 0.25) is 0 Å². The molecule has 0 saturated carbocycles. The number of hydrogen-bond acceptors (Lipinski definition) is 3. The highest BCUT2D eigenvalue weighted by molar-refractivity contribution is 7.14. The van der Waals surface area contributed by atoms with Crippen molar-refractivity contribution in [3.05, 3.63) is 27.5 Å². The summed E-state index contributed by atoms with van der Waals surface area (Å²) in [6, 6.07) is 1.96. The smallest absolute Gasteiger partial charge is 0.0935 e. The maximum Gasteiger partial charge on any atom is 0.0935 e. The molecule has 0 saturated heterocycles. The van der Waals surface area contributed by atoms with Crippen molar-refractivity contribution in [2.24, 2.45) is 0 Å². The number of nitrogens with one attached hydrogen (secondary N) is 2. The van der Waals surface area contributed by atoms with Gasteiger partial charge in [0.1, 0.15) is 0 Å². The predicted octanol–water partition coefficient (Wildman–Crippen LogP) is 3.68. The molecule has 2 N–H and O–H groups in total. The lowest BCUT2D eigenvalue weighted by Crippen LogP contribution is -2.35. The first-order chi connectivity index (χ1) is 7.96. The summed E-state index contributed by atoms with van der Waals surface area (Å²) in [4.78, 5) is 0. The first kappa shape index (κ1) is 12.6. The highest BCUT2D eigenvalue weighted by atomic mass is 35.5. The van der Waals surface area contributed by atoms with Crippen LogP contribution in [0.1, 0.15) is 26.3 Å². The van der Waals surface area contributed by atoms with Gasteiger partial charge in [-0.05, 0) is 26.8 Å². The predicted molar refractivity (Wildman–Crippen MR) is 73.5 cm³/mol. The molecular formula is C12H16ClN3S. The molecule has 0 fully saturated rings. The van der Waals surface area contributed by atoms with E-state index in [0.717, 1.165) is 27.7 Å². The van der Waals surface area contributed by atoms with Crippen molar-refractivity contribution < 1.29 is 0 Å². The SMILES string of the molecule is CC(C)(C)NCc1cn[nH]c1-c1csc(Cl)c1. The van der Waals surface area contributed by atoms with Crippen LogP contribution < -0.4 is 5.32 Å². The zero-order chi connectivity index (χ0) is 12.5. The van der Waals surface area contributed by atoms with E-state index in [9.17, 15) is 0 Å². The van der Waals surface area contributed by atoms with Crippen molar-refractivity contribution in [2.45, 2.75) is 32.9 Å². The average Bonchev–Trinajstić information content (AvgIpc) is 2.81. The number of thiophene rings is 1. The summed E-state index contributed by atoms with van der Waals surface area (Å²) in [5.74, 6) is 0. The van der Waals surface area contributed by atoms with Crippen LogP contribution in [-0.4, -0.2) is 15.7 Å². The highest BCUT2D eigenvalue weighted by Gasteiger charge is 2.13. The number of H-pyrrole nitrogens is 1. The molecule has 0 bridgehead atoms. The monoisotopic (exact) mass is 269 g/mol. The first-order valence-electron chi connectivity index (χ1n) is 5.47. The fraction of sp³-hybridized carbons (Fsp3) is 0.417. The second kappa shape index (κ2) is 4.80. The van der Waals surface area contributed by atoms with Crippen LogP contribution in [0.2, 0.25) is 4.34 Å². The summed E-state index contributed by atoms with van der Waals surface area (Å²) < 4.78 is 0.796. The second-order valence-corrected chi connectivity index (χ2v) is 6.56. The Morgan fingerprint density at radius 3 is 2.82 bits per heavy atom. The lowest BCUT2D eigenvalue weighted by molar-refractivity contribution is 0.424. The van der Waals surface area contributed by atoms with Gasteiger partial charge in [0, 0.05) is 28.6 Å². The molecule has 0 atom stereocenters. The van der Waals surface area contributed by atoms with Crippen LogP contribution in [0.3, 0.4) is 0 Å². The van der Waals surface area contributed by atoms with Crippen molar-refractivity contribution in [1.29, 1.82) is 0 Å². The molecule has 2 rings (SSSR count). The zero-order valence-corrected chi connectivity index (χ0v) is 11.7. The Kier molecular flexibility index (Phi) is 3.56. The Hall–Kier alpha value is -0.840. The van der Waals surface area contributed by atoms with Gasteiger partial charge in [-0.2, -0.15) is 5.10 Å².